The predicted molar refractivity (Wildman–Crippen MR) is 77.4 cm³/mol. The van der Waals surface area contributed by atoms with Crippen molar-refractivity contribution in [2.24, 2.45) is 0 Å². The summed E-state index contributed by atoms with van der Waals surface area (Å²) in [5.41, 5.74) is 1.24. The molecule has 2 aromatic rings. The molecule has 2 rings (SSSR count). The van der Waals surface area contributed by atoms with Gasteiger partial charge in [0.1, 0.15) is 6.04 Å². The van der Waals surface area contributed by atoms with E-state index < -0.39 is 12.0 Å². The van der Waals surface area contributed by atoms with Crippen LogP contribution in [0.25, 0.3) is 10.8 Å². The molecule has 19 heavy (non-hydrogen) atoms. The average Bonchev–Trinajstić information content (AvgIpc) is 2.43. The van der Waals surface area contributed by atoms with Gasteiger partial charge in [0.15, 0.2) is 0 Å². The Kier molecular flexibility index (Phi) is 4.17. The monoisotopic (exact) mass is 257 g/mol. The zero-order valence-corrected chi connectivity index (χ0v) is 11.3. The van der Waals surface area contributed by atoms with E-state index in [1.54, 1.807) is 6.92 Å². The predicted octanol–water partition coefficient (Wildman–Crippen LogP) is 2.79. The van der Waals surface area contributed by atoms with Gasteiger partial charge in [-0.1, -0.05) is 42.5 Å². The van der Waals surface area contributed by atoms with Gasteiger partial charge in [-0.2, -0.15) is 0 Å². The van der Waals surface area contributed by atoms with Crippen molar-refractivity contribution in [2.75, 3.05) is 13.6 Å². The Hall–Kier alpha value is -1.87. The average molecular weight is 257 g/mol. The summed E-state index contributed by atoms with van der Waals surface area (Å²) in [4.78, 5) is 12.7. The maximum Gasteiger partial charge on any atom is 0.320 e. The Morgan fingerprint density at radius 1 is 1.21 bits per heavy atom. The fourth-order valence-electron chi connectivity index (χ4n) is 2.08. The van der Waals surface area contributed by atoms with Crippen LogP contribution in [0.3, 0.4) is 0 Å². The van der Waals surface area contributed by atoms with Crippen molar-refractivity contribution in [2.45, 2.75) is 19.4 Å². The summed E-state index contributed by atoms with van der Waals surface area (Å²) in [6.07, 6.45) is 0.860. The van der Waals surface area contributed by atoms with Crippen LogP contribution in [0.2, 0.25) is 0 Å². The van der Waals surface area contributed by atoms with Gasteiger partial charge in [-0.15, -0.1) is 0 Å². The molecule has 1 atom stereocenters. The maximum absolute atomic E-state index is 10.9. The molecule has 100 valence electrons. The van der Waals surface area contributed by atoms with Crippen LogP contribution < -0.4 is 0 Å². The Morgan fingerprint density at radius 3 is 2.58 bits per heavy atom. The largest absolute Gasteiger partial charge is 0.480 e. The van der Waals surface area contributed by atoms with E-state index in [9.17, 15) is 4.79 Å². The normalized spacial score (nSPS) is 12.8. The van der Waals surface area contributed by atoms with Crippen LogP contribution in [-0.4, -0.2) is 35.6 Å². The summed E-state index contributed by atoms with van der Waals surface area (Å²) in [7, 11) is 1.85. The molecule has 0 aliphatic carbocycles. The Balaban J connectivity index is 2.03. The highest BCUT2D eigenvalue weighted by Gasteiger charge is 2.15. The number of nitrogens with zero attached hydrogens (tertiary/aromatic N) is 1. The van der Waals surface area contributed by atoms with E-state index in [-0.39, 0.29) is 0 Å². The van der Waals surface area contributed by atoms with Gasteiger partial charge in [-0.3, -0.25) is 9.69 Å². The molecule has 3 nitrogen and oxygen atoms in total. The number of rotatable bonds is 5. The molecule has 0 aliphatic rings. The molecule has 1 unspecified atom stereocenters. The minimum absolute atomic E-state index is 0.444. The van der Waals surface area contributed by atoms with Crippen molar-refractivity contribution in [1.82, 2.24) is 4.90 Å². The molecule has 2 aromatic carbocycles. The third-order valence-corrected chi connectivity index (χ3v) is 3.59. The molecule has 0 amide bonds. The Bertz CT molecular complexity index is 580. The zero-order valence-electron chi connectivity index (χ0n) is 11.3. The maximum atomic E-state index is 10.9. The van der Waals surface area contributed by atoms with Crippen molar-refractivity contribution in [3.63, 3.8) is 0 Å². The van der Waals surface area contributed by atoms with Crippen molar-refractivity contribution >= 4 is 16.7 Å². The summed E-state index contributed by atoms with van der Waals surface area (Å²) < 4.78 is 0. The SMILES string of the molecule is CC(C(=O)O)N(C)CCc1ccc2ccccc2c1. The first kappa shape index (κ1) is 13.6. The molecule has 0 spiro atoms. The van der Waals surface area contributed by atoms with Crippen molar-refractivity contribution in [3.8, 4) is 0 Å². The fourth-order valence-corrected chi connectivity index (χ4v) is 2.08. The number of aliphatic carboxylic acids is 1. The molecule has 0 bridgehead atoms. The molecule has 0 aromatic heterocycles. The van der Waals surface area contributed by atoms with Gasteiger partial charge in [-0.25, -0.2) is 0 Å². The number of carbonyl (C=O) groups is 1. The standard InChI is InChI=1S/C16H19NO2/c1-12(16(18)19)17(2)10-9-13-7-8-14-5-3-4-6-15(14)11-13/h3-8,11-12H,9-10H2,1-2H3,(H,18,19). The van der Waals surface area contributed by atoms with E-state index >= 15 is 0 Å². The van der Waals surface area contributed by atoms with Crippen LogP contribution in [0.1, 0.15) is 12.5 Å². The fraction of sp³-hybridized carbons (Fsp3) is 0.312. The van der Waals surface area contributed by atoms with E-state index in [1.807, 2.05) is 24.1 Å². The molecule has 0 saturated heterocycles. The lowest BCUT2D eigenvalue weighted by atomic mass is 10.0. The van der Waals surface area contributed by atoms with Crippen molar-refractivity contribution in [1.29, 1.82) is 0 Å². The minimum Gasteiger partial charge on any atom is -0.480 e. The number of fused-ring (bicyclic) bond motifs is 1. The van der Waals surface area contributed by atoms with Crippen molar-refractivity contribution in [3.05, 3.63) is 48.0 Å². The van der Waals surface area contributed by atoms with Gasteiger partial charge in [-0.05, 0) is 36.7 Å². The number of benzene rings is 2. The molecule has 0 aliphatic heterocycles. The molecular formula is C16H19NO2. The molecular weight excluding hydrogens is 238 g/mol. The number of hydrogen-bond donors (Lipinski definition) is 1. The number of carboxylic acid groups (broad SMARTS) is 1. The van der Waals surface area contributed by atoms with Gasteiger partial charge >= 0.3 is 5.97 Å². The van der Waals surface area contributed by atoms with Crippen LogP contribution in [0, 0.1) is 0 Å². The van der Waals surface area contributed by atoms with Crippen LogP contribution in [0.4, 0.5) is 0 Å². The number of hydrogen-bond acceptors (Lipinski definition) is 2. The summed E-state index contributed by atoms with van der Waals surface area (Å²) in [5.74, 6) is -0.777. The molecule has 0 fully saturated rings. The highest BCUT2D eigenvalue weighted by molar-refractivity contribution is 5.83. The van der Waals surface area contributed by atoms with Gasteiger partial charge < -0.3 is 5.11 Å². The zero-order chi connectivity index (χ0) is 13.8. The molecule has 0 saturated carbocycles. The van der Waals surface area contributed by atoms with E-state index in [0.29, 0.717) is 0 Å². The smallest absolute Gasteiger partial charge is 0.320 e. The van der Waals surface area contributed by atoms with Gasteiger partial charge in [0.2, 0.25) is 0 Å². The van der Waals surface area contributed by atoms with E-state index in [4.69, 9.17) is 5.11 Å². The summed E-state index contributed by atoms with van der Waals surface area (Å²) in [6.45, 7) is 2.45. The van der Waals surface area contributed by atoms with Crippen LogP contribution >= 0.6 is 0 Å². The Labute approximate surface area is 113 Å². The molecule has 1 N–H and O–H groups in total. The first-order valence-electron chi connectivity index (χ1n) is 6.48. The second kappa shape index (κ2) is 5.85. The van der Waals surface area contributed by atoms with Crippen LogP contribution in [-0.2, 0) is 11.2 Å². The van der Waals surface area contributed by atoms with E-state index in [2.05, 4.69) is 30.3 Å². The molecule has 0 heterocycles. The number of likely N-dealkylation sites (N-methyl/N-ethyl adjacent to an activating group) is 1. The highest BCUT2D eigenvalue weighted by atomic mass is 16.4. The van der Waals surface area contributed by atoms with Crippen LogP contribution in [0.15, 0.2) is 42.5 Å². The second-order valence-electron chi connectivity index (χ2n) is 4.93. The quantitative estimate of drug-likeness (QED) is 0.895. The Morgan fingerprint density at radius 2 is 1.89 bits per heavy atom. The van der Waals surface area contributed by atoms with Gasteiger partial charge in [0, 0.05) is 6.54 Å². The second-order valence-corrected chi connectivity index (χ2v) is 4.93. The topological polar surface area (TPSA) is 40.5 Å². The molecule has 0 radical (unpaired) electrons. The molecule has 3 heteroatoms. The summed E-state index contributed by atoms with van der Waals surface area (Å²) >= 11 is 0. The lowest BCUT2D eigenvalue weighted by Crippen LogP contribution is -2.37. The lowest BCUT2D eigenvalue weighted by Gasteiger charge is -2.20. The van der Waals surface area contributed by atoms with Gasteiger partial charge in [0.05, 0.1) is 0 Å². The van der Waals surface area contributed by atoms with E-state index in [0.717, 1.165) is 13.0 Å². The lowest BCUT2D eigenvalue weighted by molar-refractivity contribution is -0.142. The third-order valence-electron chi connectivity index (χ3n) is 3.59. The van der Waals surface area contributed by atoms with Crippen molar-refractivity contribution < 1.29 is 9.90 Å². The van der Waals surface area contributed by atoms with Gasteiger partial charge in [0.25, 0.3) is 0 Å². The highest BCUT2D eigenvalue weighted by Crippen LogP contribution is 2.16. The first-order valence-corrected chi connectivity index (χ1v) is 6.48. The number of carboxylic acids is 1. The van der Waals surface area contributed by atoms with Crippen LogP contribution in [0.5, 0.6) is 0 Å². The summed E-state index contributed by atoms with van der Waals surface area (Å²) in [5, 5.41) is 11.4. The minimum atomic E-state index is -0.777. The third kappa shape index (κ3) is 3.32. The first-order chi connectivity index (χ1) is 9.08. The summed E-state index contributed by atoms with van der Waals surface area (Å²) in [6, 6.07) is 14.2. The van der Waals surface area contributed by atoms with E-state index in [1.165, 1.54) is 16.3 Å².